The van der Waals surface area contributed by atoms with Crippen LogP contribution in [0.15, 0.2) is 72.8 Å². The van der Waals surface area contributed by atoms with Crippen LogP contribution in [-0.2, 0) is 11.3 Å². The van der Waals surface area contributed by atoms with Crippen molar-refractivity contribution in [3.8, 4) is 0 Å². The van der Waals surface area contributed by atoms with Crippen molar-refractivity contribution < 1.29 is 19.1 Å². The van der Waals surface area contributed by atoms with E-state index in [1.165, 1.54) is 12.1 Å². The Bertz CT molecular complexity index is 1070. The Balaban J connectivity index is 1.60. The third-order valence-electron chi connectivity index (χ3n) is 5.39. The van der Waals surface area contributed by atoms with Gasteiger partial charge in [-0.15, -0.1) is 0 Å². The third-order valence-corrected chi connectivity index (χ3v) is 5.39. The Morgan fingerprint density at radius 1 is 1.00 bits per heavy atom. The summed E-state index contributed by atoms with van der Waals surface area (Å²) in [5, 5.41) is 9.19. The van der Waals surface area contributed by atoms with Crippen LogP contribution in [0.4, 0.5) is 10.1 Å². The molecule has 1 N–H and O–H groups in total. The fraction of sp³-hybridized carbons (Fsp3) is 0.167. The first-order valence-corrected chi connectivity index (χ1v) is 9.46. The van der Waals surface area contributed by atoms with Crippen molar-refractivity contribution in [3.63, 3.8) is 0 Å². The number of carboxylic acids is 1. The molecule has 0 aromatic heterocycles. The number of carbonyl (C=O) groups excluding carboxylic acids is 1. The molecule has 0 radical (unpaired) electrons. The van der Waals surface area contributed by atoms with E-state index >= 15 is 0 Å². The number of benzene rings is 3. The highest BCUT2D eigenvalue weighted by molar-refractivity contribution is 5.88. The van der Waals surface area contributed by atoms with Crippen LogP contribution in [0, 0.1) is 5.82 Å². The lowest BCUT2D eigenvalue weighted by molar-refractivity contribution is -0.107. The highest BCUT2D eigenvalue weighted by atomic mass is 19.1. The second-order valence-electron chi connectivity index (χ2n) is 7.27. The van der Waals surface area contributed by atoms with Gasteiger partial charge in [-0.1, -0.05) is 48.5 Å². The number of carboxylic acid groups (broad SMARTS) is 1. The molecule has 3 aromatic carbocycles. The highest BCUT2D eigenvalue weighted by Gasteiger charge is 2.42. The van der Waals surface area contributed by atoms with Crippen LogP contribution >= 0.6 is 0 Å². The summed E-state index contributed by atoms with van der Waals surface area (Å²) in [5.74, 6) is -0.956. The van der Waals surface area contributed by atoms with Crippen molar-refractivity contribution in [2.24, 2.45) is 0 Å². The quantitative estimate of drug-likeness (QED) is 0.581. The molecular formula is C24H20FNO3. The molecule has 1 aliphatic rings. The monoisotopic (exact) mass is 389 g/mol. The van der Waals surface area contributed by atoms with E-state index < -0.39 is 5.97 Å². The van der Waals surface area contributed by atoms with Gasteiger partial charge in [0.2, 0.25) is 6.41 Å². The van der Waals surface area contributed by atoms with Crippen LogP contribution in [0.2, 0.25) is 0 Å². The van der Waals surface area contributed by atoms with E-state index in [2.05, 4.69) is 0 Å². The number of nitrogens with zero attached hydrogens (tertiary/aromatic N) is 1. The molecule has 29 heavy (non-hydrogen) atoms. The third kappa shape index (κ3) is 3.90. The Hall–Kier alpha value is -3.47. The molecule has 3 aromatic rings. The van der Waals surface area contributed by atoms with E-state index in [0.29, 0.717) is 5.56 Å². The van der Waals surface area contributed by atoms with E-state index in [0.717, 1.165) is 29.6 Å². The fourth-order valence-electron chi connectivity index (χ4n) is 3.90. The molecule has 146 valence electrons. The number of halogens is 1. The van der Waals surface area contributed by atoms with Crippen molar-refractivity contribution in [2.75, 3.05) is 4.90 Å². The van der Waals surface area contributed by atoms with Gasteiger partial charge in [-0.2, -0.15) is 0 Å². The average Bonchev–Trinajstić information content (AvgIpc) is 3.53. The summed E-state index contributed by atoms with van der Waals surface area (Å²) in [6.45, 7) is 0.263. The number of anilines is 1. The summed E-state index contributed by atoms with van der Waals surface area (Å²) in [6, 6.07) is 21.0. The number of rotatable bonds is 7. The normalized spacial score (nSPS) is 17.6. The van der Waals surface area contributed by atoms with Gasteiger partial charge in [-0.05, 0) is 59.2 Å². The molecule has 4 rings (SSSR count). The maximum absolute atomic E-state index is 14.2. The maximum atomic E-state index is 14.2. The van der Waals surface area contributed by atoms with E-state index in [1.807, 2.05) is 36.4 Å². The highest BCUT2D eigenvalue weighted by Crippen LogP contribution is 2.57. The van der Waals surface area contributed by atoms with Gasteiger partial charge in [0.1, 0.15) is 5.82 Å². The molecule has 2 atom stereocenters. The van der Waals surface area contributed by atoms with Crippen molar-refractivity contribution in [1.82, 2.24) is 0 Å². The molecule has 0 spiro atoms. The van der Waals surface area contributed by atoms with Crippen molar-refractivity contribution in [3.05, 3.63) is 101 Å². The van der Waals surface area contributed by atoms with Crippen LogP contribution in [0.5, 0.6) is 0 Å². The Labute approximate surface area is 168 Å². The first-order chi connectivity index (χ1) is 14.1. The van der Waals surface area contributed by atoms with E-state index in [4.69, 9.17) is 0 Å². The first-order valence-electron chi connectivity index (χ1n) is 9.46. The average molecular weight is 389 g/mol. The zero-order chi connectivity index (χ0) is 20.4. The van der Waals surface area contributed by atoms with Gasteiger partial charge >= 0.3 is 5.97 Å². The van der Waals surface area contributed by atoms with Gasteiger partial charge in [0, 0.05) is 5.69 Å². The van der Waals surface area contributed by atoms with Gasteiger partial charge in [0.05, 0.1) is 12.1 Å². The van der Waals surface area contributed by atoms with Gasteiger partial charge < -0.3 is 10.0 Å². The lowest BCUT2D eigenvalue weighted by Crippen LogP contribution is -2.22. The number of amides is 1. The summed E-state index contributed by atoms with van der Waals surface area (Å²) in [5.41, 5.74) is 3.39. The molecule has 0 saturated heterocycles. The SMILES string of the molecule is O=CN(Cc1cccc(C(=O)O)c1)c1ccccc1C1CC1c1ccccc1F. The minimum absolute atomic E-state index is 0.0983. The molecule has 2 unspecified atom stereocenters. The van der Waals surface area contributed by atoms with Gasteiger partial charge in [-0.25, -0.2) is 9.18 Å². The molecule has 1 aliphatic carbocycles. The van der Waals surface area contributed by atoms with Crippen LogP contribution < -0.4 is 4.90 Å². The second-order valence-corrected chi connectivity index (χ2v) is 7.27. The van der Waals surface area contributed by atoms with Gasteiger partial charge in [0.25, 0.3) is 0 Å². The van der Waals surface area contributed by atoms with Crippen molar-refractivity contribution in [2.45, 2.75) is 24.8 Å². The predicted octanol–water partition coefficient (Wildman–Crippen LogP) is 4.96. The van der Waals surface area contributed by atoms with Gasteiger partial charge in [0.15, 0.2) is 0 Å². The van der Waals surface area contributed by atoms with E-state index in [9.17, 15) is 19.1 Å². The first kappa shape index (κ1) is 18.9. The number of aromatic carboxylic acids is 1. The number of hydrogen-bond donors (Lipinski definition) is 1. The summed E-state index contributed by atoms with van der Waals surface area (Å²) < 4.78 is 14.2. The Morgan fingerprint density at radius 2 is 1.69 bits per heavy atom. The van der Waals surface area contributed by atoms with Crippen LogP contribution in [-0.4, -0.2) is 17.5 Å². The lowest BCUT2D eigenvalue weighted by atomic mass is 10.0. The molecular weight excluding hydrogens is 369 g/mol. The molecule has 1 amide bonds. The second kappa shape index (κ2) is 7.87. The minimum Gasteiger partial charge on any atom is -0.478 e. The number of para-hydroxylation sites is 1. The van der Waals surface area contributed by atoms with E-state index in [-0.39, 0.29) is 29.8 Å². The minimum atomic E-state index is -1.00. The smallest absolute Gasteiger partial charge is 0.335 e. The van der Waals surface area contributed by atoms with Gasteiger partial charge in [-0.3, -0.25) is 4.79 Å². The maximum Gasteiger partial charge on any atom is 0.335 e. The molecule has 0 aliphatic heterocycles. The zero-order valence-electron chi connectivity index (χ0n) is 15.7. The molecule has 0 heterocycles. The fourth-order valence-corrected chi connectivity index (χ4v) is 3.90. The number of hydrogen-bond acceptors (Lipinski definition) is 2. The summed E-state index contributed by atoms with van der Waals surface area (Å²) in [4.78, 5) is 24.7. The van der Waals surface area contributed by atoms with Crippen LogP contribution in [0.3, 0.4) is 0 Å². The van der Waals surface area contributed by atoms with Crippen LogP contribution in [0.25, 0.3) is 0 Å². The summed E-state index contributed by atoms with van der Waals surface area (Å²) >= 11 is 0. The molecule has 5 heteroatoms. The van der Waals surface area contributed by atoms with Crippen LogP contribution in [0.1, 0.15) is 45.3 Å². The molecule has 4 nitrogen and oxygen atoms in total. The molecule has 1 saturated carbocycles. The molecule has 0 bridgehead atoms. The predicted molar refractivity (Wildman–Crippen MR) is 109 cm³/mol. The Kier molecular flexibility index (Phi) is 5.12. The summed E-state index contributed by atoms with van der Waals surface area (Å²) in [7, 11) is 0. The van der Waals surface area contributed by atoms with Crippen molar-refractivity contribution >= 4 is 18.1 Å². The topological polar surface area (TPSA) is 57.6 Å². The number of carbonyl (C=O) groups is 2. The van der Waals surface area contributed by atoms with Crippen molar-refractivity contribution in [1.29, 1.82) is 0 Å². The molecule has 1 fully saturated rings. The zero-order valence-corrected chi connectivity index (χ0v) is 15.7. The lowest BCUT2D eigenvalue weighted by Gasteiger charge is -2.21. The van der Waals surface area contributed by atoms with E-state index in [1.54, 1.807) is 29.2 Å². The largest absolute Gasteiger partial charge is 0.478 e. The Morgan fingerprint density at radius 3 is 2.41 bits per heavy atom. The summed E-state index contributed by atoms with van der Waals surface area (Å²) in [6.07, 6.45) is 1.59. The standard InChI is InChI=1S/C24H20FNO3/c25-22-10-3-1-8-18(22)20-13-21(20)19-9-2-4-11-23(19)26(15-27)14-16-6-5-7-17(12-16)24(28)29/h1-12,15,20-21H,13-14H2,(H,28,29).